The molecule has 1 atom stereocenters. The minimum absolute atomic E-state index is 0.119. The molecule has 0 bridgehead atoms. The normalized spacial score (nSPS) is 13.4. The number of rotatable bonds is 8. The number of unbranched alkanes of at least 4 members (excludes halogenated alkanes) is 2. The van der Waals surface area contributed by atoms with E-state index in [1.165, 1.54) is 24.0 Å². The van der Waals surface area contributed by atoms with Crippen LogP contribution in [0.25, 0.3) is 0 Å². The van der Waals surface area contributed by atoms with Gasteiger partial charge < -0.3 is 10.1 Å². The Bertz CT molecular complexity index is 381. The third-order valence-corrected chi connectivity index (χ3v) is 3.42. The van der Waals surface area contributed by atoms with Gasteiger partial charge >= 0.3 is 0 Å². The highest BCUT2D eigenvalue weighted by atomic mass is 16.5. The molecule has 0 aliphatic carbocycles. The Morgan fingerprint density at radius 2 is 1.85 bits per heavy atom. The van der Waals surface area contributed by atoms with Crippen LogP contribution in [0.3, 0.4) is 0 Å². The molecular weight excluding hydrogens is 246 g/mol. The van der Waals surface area contributed by atoms with Crippen LogP contribution in [0.1, 0.15) is 64.2 Å². The van der Waals surface area contributed by atoms with Gasteiger partial charge in [-0.25, -0.2) is 0 Å². The number of hydrogen-bond donors (Lipinski definition) is 1. The Balaban J connectivity index is 2.66. The zero-order valence-electron chi connectivity index (χ0n) is 13.8. The summed E-state index contributed by atoms with van der Waals surface area (Å²) in [4.78, 5) is 0. The van der Waals surface area contributed by atoms with Gasteiger partial charge in [0.15, 0.2) is 0 Å². The predicted molar refractivity (Wildman–Crippen MR) is 87.2 cm³/mol. The Morgan fingerprint density at radius 1 is 1.15 bits per heavy atom. The fourth-order valence-corrected chi connectivity index (χ4v) is 2.18. The molecule has 1 aromatic carbocycles. The maximum Gasteiger partial charge on any atom is 0.0951 e. The highest BCUT2D eigenvalue weighted by molar-refractivity contribution is 5.28. The van der Waals surface area contributed by atoms with Crippen LogP contribution in [0.4, 0.5) is 0 Å². The third kappa shape index (κ3) is 6.53. The van der Waals surface area contributed by atoms with E-state index >= 15 is 0 Å². The summed E-state index contributed by atoms with van der Waals surface area (Å²) < 4.78 is 6.14. The van der Waals surface area contributed by atoms with E-state index < -0.39 is 0 Å². The van der Waals surface area contributed by atoms with Crippen molar-refractivity contribution in [3.63, 3.8) is 0 Å². The summed E-state index contributed by atoms with van der Waals surface area (Å²) >= 11 is 0. The minimum Gasteiger partial charge on any atom is -0.372 e. The maximum atomic E-state index is 6.14. The van der Waals surface area contributed by atoms with Crippen LogP contribution in [0.5, 0.6) is 0 Å². The molecule has 0 heterocycles. The van der Waals surface area contributed by atoms with Crippen LogP contribution in [0, 0.1) is 6.92 Å². The average molecular weight is 277 g/mol. The maximum absolute atomic E-state index is 6.14. The van der Waals surface area contributed by atoms with Gasteiger partial charge in [-0.3, -0.25) is 0 Å². The van der Waals surface area contributed by atoms with Gasteiger partial charge in [-0.15, -0.1) is 0 Å². The first-order valence-electron chi connectivity index (χ1n) is 7.86. The van der Waals surface area contributed by atoms with E-state index in [4.69, 9.17) is 4.74 Å². The highest BCUT2D eigenvalue weighted by Gasteiger charge is 2.17. The number of nitrogens with one attached hydrogen (secondary N) is 1. The minimum atomic E-state index is 0.119. The number of hydrogen-bond acceptors (Lipinski definition) is 2. The summed E-state index contributed by atoms with van der Waals surface area (Å²) in [6.07, 6.45) is 3.77. The zero-order chi connectivity index (χ0) is 15.0. The van der Waals surface area contributed by atoms with Crippen molar-refractivity contribution >= 4 is 0 Å². The lowest BCUT2D eigenvalue weighted by Gasteiger charge is -2.26. The first-order valence-corrected chi connectivity index (χ1v) is 7.86. The summed E-state index contributed by atoms with van der Waals surface area (Å²) in [5.74, 6) is 0. The van der Waals surface area contributed by atoms with Crippen LogP contribution < -0.4 is 5.32 Å². The Morgan fingerprint density at radius 3 is 2.45 bits per heavy atom. The molecule has 0 aromatic heterocycles. The van der Waals surface area contributed by atoms with E-state index in [0.717, 1.165) is 19.6 Å². The van der Waals surface area contributed by atoms with Gasteiger partial charge in [0.1, 0.15) is 0 Å². The van der Waals surface area contributed by atoms with Crippen molar-refractivity contribution in [1.82, 2.24) is 5.32 Å². The molecule has 0 radical (unpaired) electrons. The van der Waals surface area contributed by atoms with Crippen LogP contribution >= 0.6 is 0 Å². The molecule has 0 spiro atoms. The lowest BCUT2D eigenvalue weighted by molar-refractivity contribution is 0.0454. The van der Waals surface area contributed by atoms with Crippen LogP contribution in [-0.4, -0.2) is 18.7 Å². The van der Waals surface area contributed by atoms with E-state index in [1.807, 2.05) is 0 Å². The molecule has 1 aromatic rings. The van der Waals surface area contributed by atoms with Crippen LogP contribution in [0.15, 0.2) is 24.3 Å². The van der Waals surface area contributed by atoms with Gasteiger partial charge in [0, 0.05) is 18.7 Å². The molecule has 0 saturated carbocycles. The molecule has 0 aliphatic rings. The van der Waals surface area contributed by atoms with Crippen molar-refractivity contribution in [2.24, 2.45) is 0 Å². The number of benzene rings is 1. The van der Waals surface area contributed by atoms with Crippen molar-refractivity contribution < 1.29 is 4.74 Å². The lowest BCUT2D eigenvalue weighted by atomic mass is 10.0. The SMILES string of the molecule is CCCCCOC(CNC(C)(C)C)c1ccccc1C. The molecule has 0 fully saturated rings. The number of ether oxygens (including phenoxy) is 1. The van der Waals surface area contributed by atoms with Gasteiger partial charge in [0.25, 0.3) is 0 Å². The molecule has 2 heteroatoms. The number of aryl methyl sites for hydroxylation is 1. The highest BCUT2D eigenvalue weighted by Crippen LogP contribution is 2.21. The zero-order valence-corrected chi connectivity index (χ0v) is 13.8. The van der Waals surface area contributed by atoms with Gasteiger partial charge in [-0.05, 0) is 45.2 Å². The molecular formula is C18H31NO. The molecule has 0 aliphatic heterocycles. The quantitative estimate of drug-likeness (QED) is 0.699. The summed E-state index contributed by atoms with van der Waals surface area (Å²) in [5.41, 5.74) is 2.73. The van der Waals surface area contributed by atoms with Crippen molar-refractivity contribution in [3.05, 3.63) is 35.4 Å². The second kappa shape index (κ2) is 8.43. The van der Waals surface area contributed by atoms with Crippen LogP contribution in [0.2, 0.25) is 0 Å². The van der Waals surface area contributed by atoms with Crippen molar-refractivity contribution in [2.45, 2.75) is 65.5 Å². The van der Waals surface area contributed by atoms with E-state index in [0.29, 0.717) is 0 Å². The molecule has 0 amide bonds. The van der Waals surface area contributed by atoms with E-state index in [1.54, 1.807) is 0 Å². The van der Waals surface area contributed by atoms with Gasteiger partial charge in [0.05, 0.1) is 6.10 Å². The van der Waals surface area contributed by atoms with Crippen molar-refractivity contribution in [1.29, 1.82) is 0 Å². The molecule has 1 N–H and O–H groups in total. The first kappa shape index (κ1) is 17.2. The van der Waals surface area contributed by atoms with Crippen molar-refractivity contribution in [3.8, 4) is 0 Å². The van der Waals surface area contributed by atoms with Crippen LogP contribution in [-0.2, 0) is 4.74 Å². The Hall–Kier alpha value is -0.860. The molecule has 1 rings (SSSR count). The Kier molecular flexibility index (Phi) is 7.25. The van der Waals surface area contributed by atoms with E-state index in [9.17, 15) is 0 Å². The topological polar surface area (TPSA) is 21.3 Å². The molecule has 2 nitrogen and oxygen atoms in total. The van der Waals surface area contributed by atoms with Gasteiger partial charge in [0.2, 0.25) is 0 Å². The second-order valence-electron chi connectivity index (χ2n) is 6.55. The fraction of sp³-hybridized carbons (Fsp3) is 0.667. The summed E-state index contributed by atoms with van der Waals surface area (Å²) in [6, 6.07) is 8.53. The van der Waals surface area contributed by atoms with Gasteiger partial charge in [-0.2, -0.15) is 0 Å². The lowest BCUT2D eigenvalue weighted by Crippen LogP contribution is -2.39. The molecule has 1 unspecified atom stereocenters. The van der Waals surface area contributed by atoms with E-state index in [2.05, 4.69) is 64.2 Å². The smallest absolute Gasteiger partial charge is 0.0951 e. The van der Waals surface area contributed by atoms with Crippen molar-refractivity contribution in [2.75, 3.05) is 13.2 Å². The van der Waals surface area contributed by atoms with Gasteiger partial charge in [-0.1, -0.05) is 44.0 Å². The average Bonchev–Trinajstić information content (AvgIpc) is 2.38. The first-order chi connectivity index (χ1) is 9.44. The molecule has 20 heavy (non-hydrogen) atoms. The molecule has 114 valence electrons. The standard InChI is InChI=1S/C18H31NO/c1-6-7-10-13-20-17(14-19-18(3,4)5)16-12-9-8-11-15(16)2/h8-9,11-12,17,19H,6-7,10,13-14H2,1-5H3. The second-order valence-corrected chi connectivity index (χ2v) is 6.55. The monoisotopic (exact) mass is 277 g/mol. The summed E-state index contributed by atoms with van der Waals surface area (Å²) in [6.45, 7) is 12.7. The Labute approximate surface area is 124 Å². The predicted octanol–water partition coefficient (Wildman–Crippen LogP) is 4.63. The summed E-state index contributed by atoms with van der Waals surface area (Å²) in [7, 11) is 0. The van der Waals surface area contributed by atoms with E-state index in [-0.39, 0.29) is 11.6 Å². The molecule has 0 saturated heterocycles. The fourth-order valence-electron chi connectivity index (χ4n) is 2.18. The third-order valence-electron chi connectivity index (χ3n) is 3.42. The largest absolute Gasteiger partial charge is 0.372 e. The summed E-state index contributed by atoms with van der Waals surface area (Å²) in [5, 5.41) is 3.56.